The first-order valence-corrected chi connectivity index (χ1v) is 7.66. The Morgan fingerprint density at radius 2 is 1.88 bits per heavy atom. The van der Waals surface area contributed by atoms with Gasteiger partial charge in [0.2, 0.25) is 0 Å². The van der Waals surface area contributed by atoms with Gasteiger partial charge in [-0.05, 0) is 38.0 Å². The molecule has 1 aromatic carbocycles. The molecule has 2 bridgehead atoms. The Balaban J connectivity index is 1.90. The predicted octanol–water partition coefficient (Wildman–Crippen LogP) is 3.77. The summed E-state index contributed by atoms with van der Waals surface area (Å²) in [6, 6.07) is 4.40. The standard InChI is InChI=1S/C17H18F3NO3/c1-14(2)15(3)7-8-16(14,24-13(15)23)12(22)21-11-6-4-5-10(9-11)17(18,19)20/h4-6,9H,7-8H2,1-3H3,(H,21,22)/t15-,16-/m1/s1. The summed E-state index contributed by atoms with van der Waals surface area (Å²) in [7, 11) is 0. The van der Waals surface area contributed by atoms with Crippen molar-refractivity contribution >= 4 is 17.6 Å². The van der Waals surface area contributed by atoms with Crippen LogP contribution in [-0.4, -0.2) is 17.5 Å². The van der Waals surface area contributed by atoms with Crippen LogP contribution in [0.5, 0.6) is 0 Å². The summed E-state index contributed by atoms with van der Waals surface area (Å²) in [6.07, 6.45) is -3.63. The Labute approximate surface area is 137 Å². The molecule has 1 saturated carbocycles. The minimum absolute atomic E-state index is 0.0246. The molecule has 1 N–H and O–H groups in total. The lowest BCUT2D eigenvalue weighted by Crippen LogP contribution is -2.50. The maximum Gasteiger partial charge on any atom is 0.416 e. The monoisotopic (exact) mass is 341 g/mol. The number of hydrogen-bond acceptors (Lipinski definition) is 3. The fraction of sp³-hybridized carbons (Fsp3) is 0.529. The third kappa shape index (κ3) is 1.99. The number of hydrogen-bond donors (Lipinski definition) is 1. The number of carbonyl (C=O) groups is 2. The molecule has 2 fully saturated rings. The van der Waals surface area contributed by atoms with Crippen molar-refractivity contribution in [1.29, 1.82) is 0 Å². The van der Waals surface area contributed by atoms with Crippen molar-refractivity contribution in [2.45, 2.75) is 45.4 Å². The number of anilines is 1. The summed E-state index contributed by atoms with van der Waals surface area (Å²) >= 11 is 0. The highest BCUT2D eigenvalue weighted by atomic mass is 19.4. The molecule has 0 radical (unpaired) electrons. The average Bonchev–Trinajstić information content (AvgIpc) is 2.77. The Bertz CT molecular complexity index is 728. The first-order valence-electron chi connectivity index (χ1n) is 7.66. The molecule has 2 aliphatic rings. The molecular weight excluding hydrogens is 323 g/mol. The second-order valence-electron chi connectivity index (χ2n) is 7.21. The van der Waals surface area contributed by atoms with Gasteiger partial charge in [-0.25, -0.2) is 0 Å². The second-order valence-corrected chi connectivity index (χ2v) is 7.21. The van der Waals surface area contributed by atoms with Gasteiger partial charge in [0, 0.05) is 11.1 Å². The number of alkyl halides is 3. The number of nitrogens with one attached hydrogen (secondary N) is 1. The van der Waals surface area contributed by atoms with Gasteiger partial charge in [0.15, 0.2) is 5.60 Å². The van der Waals surface area contributed by atoms with Gasteiger partial charge in [-0.3, -0.25) is 9.59 Å². The van der Waals surface area contributed by atoms with E-state index in [0.29, 0.717) is 12.8 Å². The van der Waals surface area contributed by atoms with E-state index in [1.165, 1.54) is 12.1 Å². The van der Waals surface area contributed by atoms with Crippen LogP contribution in [-0.2, 0) is 20.5 Å². The highest BCUT2D eigenvalue weighted by Crippen LogP contribution is 2.65. The lowest BCUT2D eigenvalue weighted by atomic mass is 9.66. The van der Waals surface area contributed by atoms with E-state index in [2.05, 4.69) is 5.32 Å². The molecule has 1 aromatic rings. The quantitative estimate of drug-likeness (QED) is 0.833. The fourth-order valence-electron chi connectivity index (χ4n) is 3.75. The molecule has 1 saturated heterocycles. The van der Waals surface area contributed by atoms with Gasteiger partial charge in [0.25, 0.3) is 5.91 Å². The summed E-state index contributed by atoms with van der Waals surface area (Å²) in [5.41, 5.74) is -3.69. The van der Waals surface area contributed by atoms with E-state index < -0.39 is 40.0 Å². The van der Waals surface area contributed by atoms with Gasteiger partial charge in [-0.15, -0.1) is 0 Å². The van der Waals surface area contributed by atoms with Crippen LogP contribution in [0.1, 0.15) is 39.2 Å². The first-order chi connectivity index (χ1) is 10.9. The largest absolute Gasteiger partial charge is 0.448 e. The molecule has 2 atom stereocenters. The van der Waals surface area contributed by atoms with Crippen molar-refractivity contribution in [3.8, 4) is 0 Å². The molecule has 1 amide bonds. The molecule has 0 unspecified atom stereocenters. The van der Waals surface area contributed by atoms with Crippen molar-refractivity contribution in [3.63, 3.8) is 0 Å². The number of esters is 1. The third-order valence-electron chi connectivity index (χ3n) is 5.90. The number of ether oxygens (including phenoxy) is 1. The maximum absolute atomic E-state index is 12.8. The lowest BCUT2D eigenvalue weighted by molar-refractivity contribution is -0.165. The van der Waals surface area contributed by atoms with Gasteiger partial charge < -0.3 is 10.1 Å². The van der Waals surface area contributed by atoms with E-state index in [1.54, 1.807) is 20.8 Å². The van der Waals surface area contributed by atoms with E-state index in [4.69, 9.17) is 4.74 Å². The molecule has 24 heavy (non-hydrogen) atoms. The number of rotatable bonds is 2. The average molecular weight is 341 g/mol. The van der Waals surface area contributed by atoms with Crippen LogP contribution in [0.25, 0.3) is 0 Å². The summed E-state index contributed by atoms with van der Waals surface area (Å²) in [5.74, 6) is -1.01. The molecule has 130 valence electrons. The van der Waals surface area contributed by atoms with Gasteiger partial charge in [-0.2, -0.15) is 13.2 Å². The number of halogens is 3. The second kappa shape index (κ2) is 4.74. The number of carbonyl (C=O) groups excluding carboxylic acids is 2. The van der Waals surface area contributed by atoms with Crippen LogP contribution in [0.3, 0.4) is 0 Å². The van der Waals surface area contributed by atoms with Gasteiger partial charge in [-0.1, -0.05) is 19.9 Å². The molecule has 1 aliphatic carbocycles. The van der Waals surface area contributed by atoms with E-state index >= 15 is 0 Å². The Morgan fingerprint density at radius 1 is 1.21 bits per heavy atom. The van der Waals surface area contributed by atoms with E-state index in [-0.39, 0.29) is 5.69 Å². The number of benzene rings is 1. The molecule has 0 aromatic heterocycles. The van der Waals surface area contributed by atoms with Crippen LogP contribution in [0.4, 0.5) is 18.9 Å². The molecular formula is C17H18F3NO3. The lowest BCUT2D eigenvalue weighted by Gasteiger charge is -2.35. The Kier molecular flexibility index (Phi) is 3.32. The van der Waals surface area contributed by atoms with Crippen molar-refractivity contribution in [2.75, 3.05) is 5.32 Å². The van der Waals surface area contributed by atoms with Crippen LogP contribution in [0, 0.1) is 10.8 Å². The Hall–Kier alpha value is -2.05. The summed E-state index contributed by atoms with van der Waals surface area (Å²) < 4.78 is 43.8. The van der Waals surface area contributed by atoms with Crippen LogP contribution >= 0.6 is 0 Å². The minimum Gasteiger partial charge on any atom is -0.448 e. The zero-order valence-corrected chi connectivity index (χ0v) is 13.6. The van der Waals surface area contributed by atoms with Crippen molar-refractivity contribution in [2.24, 2.45) is 10.8 Å². The topological polar surface area (TPSA) is 55.4 Å². The molecule has 3 rings (SSSR count). The van der Waals surface area contributed by atoms with Crippen molar-refractivity contribution in [3.05, 3.63) is 29.8 Å². The predicted molar refractivity (Wildman–Crippen MR) is 80.0 cm³/mol. The van der Waals surface area contributed by atoms with E-state index in [9.17, 15) is 22.8 Å². The number of fused-ring (bicyclic) bond motifs is 2. The number of amides is 1. The molecule has 1 aliphatic heterocycles. The summed E-state index contributed by atoms with van der Waals surface area (Å²) in [6.45, 7) is 5.34. The summed E-state index contributed by atoms with van der Waals surface area (Å²) in [4.78, 5) is 25.0. The van der Waals surface area contributed by atoms with Gasteiger partial charge in [0.1, 0.15) is 0 Å². The SMILES string of the molecule is CC1(C)[C@]2(C)CC[C@]1(C(=O)Nc1cccc(C(F)(F)F)c1)OC2=O. The smallest absolute Gasteiger partial charge is 0.416 e. The van der Waals surface area contributed by atoms with Gasteiger partial charge >= 0.3 is 12.1 Å². The van der Waals surface area contributed by atoms with E-state index in [0.717, 1.165) is 12.1 Å². The maximum atomic E-state index is 12.8. The first kappa shape index (κ1) is 16.8. The van der Waals surface area contributed by atoms with Crippen LogP contribution in [0.2, 0.25) is 0 Å². The fourth-order valence-corrected chi connectivity index (χ4v) is 3.75. The van der Waals surface area contributed by atoms with E-state index in [1.807, 2.05) is 0 Å². The van der Waals surface area contributed by atoms with Gasteiger partial charge in [0.05, 0.1) is 11.0 Å². The highest BCUT2D eigenvalue weighted by Gasteiger charge is 2.75. The zero-order valence-electron chi connectivity index (χ0n) is 13.6. The Morgan fingerprint density at radius 3 is 2.38 bits per heavy atom. The zero-order chi connectivity index (χ0) is 18.0. The summed E-state index contributed by atoms with van der Waals surface area (Å²) in [5, 5.41) is 2.49. The highest BCUT2D eigenvalue weighted by molar-refractivity contribution is 6.03. The molecule has 1 heterocycles. The minimum atomic E-state index is -4.50. The van der Waals surface area contributed by atoms with Crippen molar-refractivity contribution < 1.29 is 27.5 Å². The third-order valence-corrected chi connectivity index (χ3v) is 5.90. The van der Waals surface area contributed by atoms with Crippen molar-refractivity contribution in [1.82, 2.24) is 0 Å². The molecule has 0 spiro atoms. The van der Waals surface area contributed by atoms with Crippen LogP contribution in [0.15, 0.2) is 24.3 Å². The molecule has 7 heteroatoms. The van der Waals surface area contributed by atoms with Crippen LogP contribution < -0.4 is 5.32 Å². The normalized spacial score (nSPS) is 31.0. The molecule has 4 nitrogen and oxygen atoms in total.